The lowest BCUT2D eigenvalue weighted by Gasteiger charge is -2.20. The zero-order valence-corrected chi connectivity index (χ0v) is 16.4. The van der Waals surface area contributed by atoms with E-state index >= 15 is 0 Å². The Morgan fingerprint density at radius 1 is 1.23 bits per heavy atom. The van der Waals surface area contributed by atoms with Gasteiger partial charge in [-0.15, -0.1) is 4.68 Å². The van der Waals surface area contributed by atoms with Crippen molar-refractivity contribution in [1.82, 2.24) is 24.3 Å². The van der Waals surface area contributed by atoms with Crippen LogP contribution in [0.5, 0.6) is 0 Å². The van der Waals surface area contributed by atoms with Crippen LogP contribution >= 0.6 is 0 Å². The van der Waals surface area contributed by atoms with Crippen LogP contribution in [0.25, 0.3) is 28.1 Å². The van der Waals surface area contributed by atoms with E-state index in [1.54, 1.807) is 16.9 Å². The van der Waals surface area contributed by atoms with Crippen molar-refractivity contribution < 1.29 is 9.66 Å². The molecule has 4 heterocycles. The van der Waals surface area contributed by atoms with Crippen molar-refractivity contribution in [3.05, 3.63) is 64.6 Å². The zero-order chi connectivity index (χ0) is 20.7. The molecule has 0 spiro atoms. The molecule has 1 unspecified atom stereocenters. The summed E-state index contributed by atoms with van der Waals surface area (Å²) in [4.78, 5) is 20.2. The lowest BCUT2D eigenvalue weighted by Crippen LogP contribution is -2.19. The van der Waals surface area contributed by atoms with E-state index in [4.69, 9.17) is 4.74 Å². The average Bonchev–Trinajstić information content (AvgIpc) is 3.39. The number of pyridine rings is 1. The summed E-state index contributed by atoms with van der Waals surface area (Å²) in [6.07, 6.45) is 6.04. The summed E-state index contributed by atoms with van der Waals surface area (Å²) in [5, 5.41) is 16.5. The fourth-order valence-electron chi connectivity index (χ4n) is 3.90. The minimum absolute atomic E-state index is 0.170. The Hall–Kier alpha value is -3.59. The van der Waals surface area contributed by atoms with Gasteiger partial charge >= 0.3 is 5.82 Å². The third kappa shape index (κ3) is 3.13. The number of aromatic nitrogens is 5. The molecule has 1 aliphatic heterocycles. The van der Waals surface area contributed by atoms with Gasteiger partial charge in [-0.05, 0) is 61.4 Å². The van der Waals surface area contributed by atoms with Gasteiger partial charge in [-0.1, -0.05) is 6.07 Å². The standard InChI is InChI=1S/C21H20N6O3/c1-14-5-4-6-17(23-14)21-22-10-11-25(21)15-8-9-18-16(13-15)20(27(28)29)24-26(18)19-7-2-3-12-30-19/h4-6,8-11,13,19H,2-3,7,12H2,1H3. The molecule has 3 aromatic heterocycles. The topological polar surface area (TPSA) is 101 Å². The van der Waals surface area contributed by atoms with E-state index in [9.17, 15) is 10.1 Å². The molecule has 30 heavy (non-hydrogen) atoms. The van der Waals surface area contributed by atoms with Gasteiger partial charge in [-0.25, -0.2) is 9.97 Å². The largest absolute Gasteiger partial charge is 0.398 e. The fourth-order valence-corrected chi connectivity index (χ4v) is 3.90. The molecule has 0 radical (unpaired) electrons. The van der Waals surface area contributed by atoms with Gasteiger partial charge in [0.25, 0.3) is 0 Å². The monoisotopic (exact) mass is 404 g/mol. The van der Waals surface area contributed by atoms with Crippen LogP contribution in [-0.4, -0.2) is 35.8 Å². The van der Waals surface area contributed by atoms with Gasteiger partial charge in [0.2, 0.25) is 0 Å². The molecule has 0 aliphatic carbocycles. The summed E-state index contributed by atoms with van der Waals surface area (Å²) < 4.78 is 9.33. The summed E-state index contributed by atoms with van der Waals surface area (Å²) in [6, 6.07) is 11.3. The number of imidazole rings is 1. The molecule has 0 bridgehead atoms. The van der Waals surface area contributed by atoms with Crippen LogP contribution in [0.3, 0.4) is 0 Å². The van der Waals surface area contributed by atoms with Crippen LogP contribution in [0.1, 0.15) is 31.2 Å². The Bertz CT molecular complexity index is 1240. The molecular weight excluding hydrogens is 384 g/mol. The highest BCUT2D eigenvalue weighted by atomic mass is 16.6. The van der Waals surface area contributed by atoms with Crippen molar-refractivity contribution >= 4 is 16.7 Å². The molecular formula is C21H20N6O3. The number of hydrogen-bond donors (Lipinski definition) is 0. The molecule has 1 atom stereocenters. The van der Waals surface area contributed by atoms with Crippen LogP contribution in [-0.2, 0) is 4.74 Å². The molecule has 9 nitrogen and oxygen atoms in total. The first-order chi connectivity index (χ1) is 14.6. The smallest absolute Gasteiger partial charge is 0.358 e. The van der Waals surface area contributed by atoms with Crippen molar-refractivity contribution in [2.45, 2.75) is 32.4 Å². The SMILES string of the molecule is Cc1cccc(-c2nccn2-c2ccc3c(c2)c([N+](=O)[O-])nn3C2CCCCO2)n1. The van der Waals surface area contributed by atoms with Gasteiger partial charge in [0.05, 0.1) is 5.10 Å². The Morgan fingerprint density at radius 2 is 2.13 bits per heavy atom. The number of nitrogens with zero attached hydrogens (tertiary/aromatic N) is 6. The molecule has 9 heteroatoms. The van der Waals surface area contributed by atoms with Crippen LogP contribution in [0, 0.1) is 17.0 Å². The molecule has 1 aromatic carbocycles. The highest BCUT2D eigenvalue weighted by Crippen LogP contribution is 2.33. The molecule has 1 fully saturated rings. The van der Waals surface area contributed by atoms with Gasteiger partial charge in [0.15, 0.2) is 12.1 Å². The van der Waals surface area contributed by atoms with E-state index in [1.807, 2.05) is 48.0 Å². The summed E-state index contributed by atoms with van der Waals surface area (Å²) in [6.45, 7) is 2.56. The number of ether oxygens (including phenoxy) is 1. The number of rotatable bonds is 4. The molecule has 0 N–H and O–H groups in total. The second-order valence-corrected chi connectivity index (χ2v) is 7.33. The van der Waals surface area contributed by atoms with Gasteiger partial charge in [0.1, 0.15) is 16.6 Å². The number of aryl methyl sites for hydroxylation is 1. The zero-order valence-electron chi connectivity index (χ0n) is 16.4. The average molecular weight is 404 g/mol. The molecule has 4 aromatic rings. The quantitative estimate of drug-likeness (QED) is 0.373. The lowest BCUT2D eigenvalue weighted by molar-refractivity contribution is -0.388. The van der Waals surface area contributed by atoms with E-state index in [0.717, 1.165) is 36.3 Å². The van der Waals surface area contributed by atoms with Crippen LogP contribution in [0.2, 0.25) is 0 Å². The number of nitro groups is 1. The Morgan fingerprint density at radius 3 is 2.90 bits per heavy atom. The Labute approximate surface area is 172 Å². The summed E-state index contributed by atoms with van der Waals surface area (Å²) in [5.74, 6) is 0.500. The number of hydrogen-bond acceptors (Lipinski definition) is 6. The predicted octanol–water partition coefficient (Wildman–Crippen LogP) is 4.20. The first-order valence-corrected chi connectivity index (χ1v) is 9.88. The van der Waals surface area contributed by atoms with E-state index in [-0.39, 0.29) is 12.0 Å². The Balaban J connectivity index is 1.63. The lowest BCUT2D eigenvalue weighted by atomic mass is 10.1. The van der Waals surface area contributed by atoms with Gasteiger partial charge < -0.3 is 14.9 Å². The third-order valence-corrected chi connectivity index (χ3v) is 5.31. The van der Waals surface area contributed by atoms with Crippen molar-refractivity contribution in [1.29, 1.82) is 0 Å². The van der Waals surface area contributed by atoms with E-state index in [2.05, 4.69) is 15.1 Å². The molecule has 152 valence electrons. The summed E-state index contributed by atoms with van der Waals surface area (Å²) in [7, 11) is 0. The third-order valence-electron chi connectivity index (χ3n) is 5.31. The summed E-state index contributed by atoms with van der Waals surface area (Å²) >= 11 is 0. The van der Waals surface area contributed by atoms with Crippen molar-refractivity contribution in [3.63, 3.8) is 0 Å². The van der Waals surface area contributed by atoms with E-state index in [0.29, 0.717) is 23.3 Å². The molecule has 1 saturated heterocycles. The highest BCUT2D eigenvalue weighted by molar-refractivity contribution is 5.89. The predicted molar refractivity (Wildman–Crippen MR) is 110 cm³/mol. The normalized spacial score (nSPS) is 16.8. The van der Waals surface area contributed by atoms with E-state index in [1.165, 1.54) is 0 Å². The molecule has 5 rings (SSSR count). The van der Waals surface area contributed by atoms with Crippen LogP contribution < -0.4 is 0 Å². The minimum Gasteiger partial charge on any atom is -0.358 e. The van der Waals surface area contributed by atoms with E-state index < -0.39 is 4.92 Å². The first kappa shape index (κ1) is 18.4. The summed E-state index contributed by atoms with van der Waals surface area (Å²) in [5.41, 5.74) is 3.07. The van der Waals surface area contributed by atoms with Crippen molar-refractivity contribution in [2.24, 2.45) is 0 Å². The molecule has 0 amide bonds. The van der Waals surface area contributed by atoms with Gasteiger partial charge in [0, 0.05) is 30.4 Å². The van der Waals surface area contributed by atoms with Gasteiger partial charge in [-0.2, -0.15) is 0 Å². The second-order valence-electron chi connectivity index (χ2n) is 7.33. The highest BCUT2D eigenvalue weighted by Gasteiger charge is 2.28. The van der Waals surface area contributed by atoms with Crippen molar-refractivity contribution in [2.75, 3.05) is 6.61 Å². The fraction of sp³-hybridized carbons (Fsp3) is 0.286. The number of fused-ring (bicyclic) bond motifs is 1. The second kappa shape index (κ2) is 7.34. The molecule has 0 saturated carbocycles. The number of benzene rings is 1. The Kier molecular flexibility index (Phi) is 4.51. The van der Waals surface area contributed by atoms with Crippen molar-refractivity contribution in [3.8, 4) is 17.2 Å². The van der Waals surface area contributed by atoms with Gasteiger partial charge in [-0.3, -0.25) is 4.57 Å². The maximum absolute atomic E-state index is 11.7. The maximum Gasteiger partial charge on any atom is 0.398 e. The maximum atomic E-state index is 11.7. The first-order valence-electron chi connectivity index (χ1n) is 9.88. The van der Waals surface area contributed by atoms with Crippen LogP contribution in [0.15, 0.2) is 48.8 Å². The minimum atomic E-state index is -0.442. The van der Waals surface area contributed by atoms with Crippen LogP contribution in [0.4, 0.5) is 5.82 Å². The molecule has 1 aliphatic rings.